The number of benzene rings is 2. The number of rotatable bonds is 5. The van der Waals surface area contributed by atoms with E-state index in [0.717, 1.165) is 0 Å². The molecule has 5 nitrogen and oxygen atoms in total. The first-order valence-electron chi connectivity index (χ1n) is 7.32. The van der Waals surface area contributed by atoms with Gasteiger partial charge in [0, 0.05) is 18.2 Å². The molecule has 0 aliphatic rings. The summed E-state index contributed by atoms with van der Waals surface area (Å²) in [5, 5.41) is 15.3. The molecule has 2 aromatic carbocycles. The van der Waals surface area contributed by atoms with Crippen molar-refractivity contribution in [3.05, 3.63) is 77.9 Å². The van der Waals surface area contributed by atoms with E-state index >= 15 is 0 Å². The van der Waals surface area contributed by atoms with Gasteiger partial charge in [0.15, 0.2) is 0 Å². The molecule has 0 aliphatic heterocycles. The summed E-state index contributed by atoms with van der Waals surface area (Å²) in [4.78, 5) is 8.26. The van der Waals surface area contributed by atoms with Gasteiger partial charge in [0.25, 0.3) is 0 Å². The number of para-hydroxylation sites is 1. The minimum Gasteiger partial charge on any atom is -0.366 e. The number of nitrogens with one attached hydrogen (secondary N) is 2. The van der Waals surface area contributed by atoms with Crippen LogP contribution < -0.4 is 10.6 Å². The third kappa shape index (κ3) is 3.65. The molecular formula is C18H14FN5. The van der Waals surface area contributed by atoms with Crippen LogP contribution in [0.4, 0.5) is 21.7 Å². The molecule has 0 fully saturated rings. The standard InChI is InChI=1S/C18H14FN5/c19-15-7-3-1-6-14(15)11-21-17-9-18(23-12-22-17)24-16-8-4-2-5-13(16)10-20/h1-9,12H,11H2,(H2,21,22,23,24). The van der Waals surface area contributed by atoms with E-state index in [1.54, 1.807) is 42.5 Å². The van der Waals surface area contributed by atoms with Crippen LogP contribution in [0.1, 0.15) is 11.1 Å². The Morgan fingerprint density at radius 2 is 1.75 bits per heavy atom. The molecule has 0 unspecified atom stereocenters. The third-order valence-corrected chi connectivity index (χ3v) is 3.40. The maximum absolute atomic E-state index is 13.6. The molecule has 0 amide bonds. The van der Waals surface area contributed by atoms with Gasteiger partial charge in [-0.1, -0.05) is 30.3 Å². The van der Waals surface area contributed by atoms with Crippen molar-refractivity contribution in [3.63, 3.8) is 0 Å². The van der Waals surface area contributed by atoms with Gasteiger partial charge in [-0.05, 0) is 18.2 Å². The van der Waals surface area contributed by atoms with E-state index in [0.29, 0.717) is 35.0 Å². The molecule has 0 saturated heterocycles. The monoisotopic (exact) mass is 319 g/mol. The third-order valence-electron chi connectivity index (χ3n) is 3.40. The largest absolute Gasteiger partial charge is 0.366 e. The number of nitrogens with zero attached hydrogens (tertiary/aromatic N) is 3. The maximum atomic E-state index is 13.6. The van der Waals surface area contributed by atoms with Gasteiger partial charge < -0.3 is 10.6 Å². The fraction of sp³-hybridized carbons (Fsp3) is 0.0556. The summed E-state index contributed by atoms with van der Waals surface area (Å²) >= 11 is 0. The van der Waals surface area contributed by atoms with Gasteiger partial charge in [-0.15, -0.1) is 0 Å². The second-order valence-corrected chi connectivity index (χ2v) is 5.02. The van der Waals surface area contributed by atoms with Crippen molar-refractivity contribution in [2.75, 3.05) is 10.6 Å². The molecule has 6 heteroatoms. The second kappa shape index (κ2) is 7.20. The number of hydrogen-bond donors (Lipinski definition) is 2. The zero-order valence-electron chi connectivity index (χ0n) is 12.7. The minimum atomic E-state index is -0.264. The van der Waals surface area contributed by atoms with Gasteiger partial charge in [0.05, 0.1) is 11.3 Å². The van der Waals surface area contributed by atoms with Crippen molar-refractivity contribution >= 4 is 17.3 Å². The van der Waals surface area contributed by atoms with Crippen LogP contribution in [0.3, 0.4) is 0 Å². The van der Waals surface area contributed by atoms with E-state index in [2.05, 4.69) is 26.7 Å². The maximum Gasteiger partial charge on any atom is 0.135 e. The lowest BCUT2D eigenvalue weighted by Crippen LogP contribution is -2.04. The lowest BCUT2D eigenvalue weighted by atomic mass is 10.2. The van der Waals surface area contributed by atoms with Crippen molar-refractivity contribution in [3.8, 4) is 6.07 Å². The molecule has 0 saturated carbocycles. The summed E-state index contributed by atoms with van der Waals surface area (Å²) < 4.78 is 13.6. The predicted molar refractivity (Wildman–Crippen MR) is 90.2 cm³/mol. The van der Waals surface area contributed by atoms with Crippen LogP contribution in [-0.2, 0) is 6.54 Å². The quantitative estimate of drug-likeness (QED) is 0.747. The average Bonchev–Trinajstić information content (AvgIpc) is 2.62. The van der Waals surface area contributed by atoms with Crippen LogP contribution >= 0.6 is 0 Å². The van der Waals surface area contributed by atoms with Gasteiger partial charge in [-0.25, -0.2) is 14.4 Å². The average molecular weight is 319 g/mol. The Kier molecular flexibility index (Phi) is 4.63. The van der Waals surface area contributed by atoms with Crippen molar-refractivity contribution < 1.29 is 4.39 Å². The van der Waals surface area contributed by atoms with Crippen molar-refractivity contribution in [1.82, 2.24) is 9.97 Å². The number of nitriles is 1. The summed E-state index contributed by atoms with van der Waals surface area (Å²) in [5.41, 5.74) is 1.75. The molecule has 0 aliphatic carbocycles. The molecule has 3 aromatic rings. The number of halogens is 1. The number of hydrogen-bond acceptors (Lipinski definition) is 5. The second-order valence-electron chi connectivity index (χ2n) is 5.02. The Morgan fingerprint density at radius 1 is 1.00 bits per heavy atom. The first kappa shape index (κ1) is 15.4. The molecular weight excluding hydrogens is 305 g/mol. The van der Waals surface area contributed by atoms with Gasteiger partial charge >= 0.3 is 0 Å². The summed E-state index contributed by atoms with van der Waals surface area (Å²) in [6.07, 6.45) is 1.40. The van der Waals surface area contributed by atoms with Crippen LogP contribution in [0.15, 0.2) is 60.9 Å². The van der Waals surface area contributed by atoms with Gasteiger partial charge in [-0.3, -0.25) is 0 Å². The molecule has 1 aromatic heterocycles. The smallest absolute Gasteiger partial charge is 0.135 e. The number of anilines is 3. The number of aromatic nitrogens is 2. The van der Waals surface area contributed by atoms with E-state index in [1.165, 1.54) is 12.4 Å². The van der Waals surface area contributed by atoms with Crippen molar-refractivity contribution in [2.24, 2.45) is 0 Å². The zero-order valence-corrected chi connectivity index (χ0v) is 12.7. The van der Waals surface area contributed by atoms with E-state index in [1.807, 2.05) is 6.07 Å². The molecule has 118 valence electrons. The molecule has 1 heterocycles. The van der Waals surface area contributed by atoms with Gasteiger partial charge in [0.1, 0.15) is 29.8 Å². The Hall–Kier alpha value is -3.46. The fourth-order valence-electron chi connectivity index (χ4n) is 2.18. The SMILES string of the molecule is N#Cc1ccccc1Nc1cc(NCc2ccccc2F)ncn1. The summed E-state index contributed by atoms with van der Waals surface area (Å²) in [6, 6.07) is 17.5. The highest BCUT2D eigenvalue weighted by Gasteiger charge is 2.05. The fourth-order valence-corrected chi connectivity index (χ4v) is 2.18. The Morgan fingerprint density at radius 3 is 2.58 bits per heavy atom. The van der Waals surface area contributed by atoms with E-state index in [4.69, 9.17) is 5.26 Å². The molecule has 0 bridgehead atoms. The topological polar surface area (TPSA) is 73.6 Å². The highest BCUT2D eigenvalue weighted by Crippen LogP contribution is 2.20. The van der Waals surface area contributed by atoms with Crippen LogP contribution in [0, 0.1) is 17.1 Å². The summed E-state index contributed by atoms with van der Waals surface area (Å²) in [6.45, 7) is 0.317. The Balaban J connectivity index is 1.73. The lowest BCUT2D eigenvalue weighted by Gasteiger charge is -2.10. The summed E-state index contributed by atoms with van der Waals surface area (Å²) in [5.74, 6) is 0.842. The van der Waals surface area contributed by atoms with Crippen LogP contribution in [-0.4, -0.2) is 9.97 Å². The van der Waals surface area contributed by atoms with Crippen LogP contribution in [0.25, 0.3) is 0 Å². The van der Waals surface area contributed by atoms with Gasteiger partial charge in [-0.2, -0.15) is 5.26 Å². The lowest BCUT2D eigenvalue weighted by molar-refractivity contribution is 0.613. The first-order chi connectivity index (χ1) is 11.8. The molecule has 2 N–H and O–H groups in total. The zero-order chi connectivity index (χ0) is 16.8. The Bertz CT molecular complexity index is 888. The molecule has 3 rings (SSSR count). The van der Waals surface area contributed by atoms with Crippen LogP contribution in [0.2, 0.25) is 0 Å². The predicted octanol–water partition coefficient (Wildman–Crippen LogP) is 3.84. The van der Waals surface area contributed by atoms with Crippen LogP contribution in [0.5, 0.6) is 0 Å². The summed E-state index contributed by atoms with van der Waals surface area (Å²) in [7, 11) is 0. The highest BCUT2D eigenvalue weighted by molar-refractivity contribution is 5.65. The molecule has 0 radical (unpaired) electrons. The molecule has 0 atom stereocenters. The minimum absolute atomic E-state index is 0.264. The first-order valence-corrected chi connectivity index (χ1v) is 7.32. The normalized spacial score (nSPS) is 10.0. The molecule has 24 heavy (non-hydrogen) atoms. The molecule has 0 spiro atoms. The van der Waals surface area contributed by atoms with Crippen molar-refractivity contribution in [1.29, 1.82) is 5.26 Å². The Labute approximate surface area is 138 Å². The van der Waals surface area contributed by atoms with Gasteiger partial charge in [0.2, 0.25) is 0 Å². The van der Waals surface area contributed by atoms with E-state index in [9.17, 15) is 4.39 Å². The van der Waals surface area contributed by atoms with E-state index in [-0.39, 0.29) is 5.82 Å². The van der Waals surface area contributed by atoms with Crippen molar-refractivity contribution in [2.45, 2.75) is 6.54 Å². The van der Waals surface area contributed by atoms with E-state index < -0.39 is 0 Å². The highest BCUT2D eigenvalue weighted by atomic mass is 19.1.